The third-order valence-electron chi connectivity index (χ3n) is 5.68. The van der Waals surface area contributed by atoms with Gasteiger partial charge in [0.25, 0.3) is 15.9 Å². The van der Waals surface area contributed by atoms with E-state index in [1.165, 1.54) is 12.1 Å². The Kier molecular flexibility index (Phi) is 7.44. The standard InChI is InChI=1S/C28H22BrN5O4S/c1-38-22-14-12-21(13-15-22)31-28(35)18-6-10-20(11-7-18)30-26-27(33-25-5-3-2-4-24(25)32-26)34-39(36,37)23-16-8-19(29)9-17-23/h2-17H,1H3,(H,30,32)(H,31,35)(H,33,34). The summed E-state index contributed by atoms with van der Waals surface area (Å²) in [6.07, 6.45) is 0. The molecule has 0 radical (unpaired) electrons. The average molecular weight is 604 g/mol. The number of halogens is 1. The highest BCUT2D eigenvalue weighted by molar-refractivity contribution is 9.10. The molecule has 0 unspecified atom stereocenters. The number of ether oxygens (including phenoxy) is 1. The maximum Gasteiger partial charge on any atom is 0.263 e. The number of nitrogens with one attached hydrogen (secondary N) is 3. The number of amides is 1. The van der Waals surface area contributed by atoms with Crippen LogP contribution < -0.4 is 20.1 Å². The summed E-state index contributed by atoms with van der Waals surface area (Å²) in [5, 5.41) is 5.96. The Labute approximate surface area is 233 Å². The number of hydrogen-bond acceptors (Lipinski definition) is 7. The molecule has 0 fully saturated rings. The molecule has 1 heterocycles. The summed E-state index contributed by atoms with van der Waals surface area (Å²) in [6, 6.07) is 27.2. The van der Waals surface area contributed by atoms with E-state index in [2.05, 4.69) is 41.3 Å². The first-order valence-electron chi connectivity index (χ1n) is 11.7. The predicted octanol–water partition coefficient (Wildman–Crippen LogP) is 6.20. The van der Waals surface area contributed by atoms with Crippen molar-refractivity contribution < 1.29 is 17.9 Å². The molecular formula is C28H22BrN5O4S. The van der Waals surface area contributed by atoms with Crippen molar-refractivity contribution in [3.63, 3.8) is 0 Å². The summed E-state index contributed by atoms with van der Waals surface area (Å²) in [4.78, 5) is 21.9. The molecule has 0 aliphatic rings. The van der Waals surface area contributed by atoms with Gasteiger partial charge in [-0.3, -0.25) is 9.52 Å². The molecule has 11 heteroatoms. The molecule has 9 nitrogen and oxygen atoms in total. The van der Waals surface area contributed by atoms with Crippen molar-refractivity contribution in [2.75, 3.05) is 22.5 Å². The average Bonchev–Trinajstić information content (AvgIpc) is 2.94. The molecule has 1 amide bonds. The Morgan fingerprint density at radius 1 is 0.769 bits per heavy atom. The number of carbonyl (C=O) groups excluding carboxylic acids is 1. The van der Waals surface area contributed by atoms with E-state index in [1.807, 2.05) is 6.07 Å². The van der Waals surface area contributed by atoms with Crippen LogP contribution in [-0.2, 0) is 10.0 Å². The minimum Gasteiger partial charge on any atom is -0.497 e. The number of para-hydroxylation sites is 2. The molecule has 0 atom stereocenters. The molecular weight excluding hydrogens is 582 g/mol. The van der Waals surface area contributed by atoms with Crippen LogP contribution in [0.4, 0.5) is 23.0 Å². The van der Waals surface area contributed by atoms with Gasteiger partial charge >= 0.3 is 0 Å². The van der Waals surface area contributed by atoms with E-state index in [9.17, 15) is 13.2 Å². The minimum atomic E-state index is -3.94. The van der Waals surface area contributed by atoms with Gasteiger partial charge in [-0.15, -0.1) is 0 Å². The summed E-state index contributed by atoms with van der Waals surface area (Å²) in [6.45, 7) is 0. The first kappa shape index (κ1) is 26.1. The van der Waals surface area contributed by atoms with E-state index in [4.69, 9.17) is 4.74 Å². The molecule has 5 aromatic rings. The summed E-state index contributed by atoms with van der Waals surface area (Å²) < 4.78 is 34.6. The van der Waals surface area contributed by atoms with Crippen LogP contribution in [0.25, 0.3) is 11.0 Å². The van der Waals surface area contributed by atoms with E-state index in [0.29, 0.717) is 33.7 Å². The molecule has 5 rings (SSSR count). The van der Waals surface area contributed by atoms with Crippen LogP contribution in [0.15, 0.2) is 106 Å². The summed E-state index contributed by atoms with van der Waals surface area (Å²) in [7, 11) is -2.36. The highest BCUT2D eigenvalue weighted by Gasteiger charge is 2.19. The maximum atomic E-state index is 13.1. The molecule has 0 saturated heterocycles. The zero-order valence-corrected chi connectivity index (χ0v) is 23.0. The molecule has 0 bridgehead atoms. The number of benzene rings is 4. The molecule has 0 aliphatic heterocycles. The summed E-state index contributed by atoms with van der Waals surface area (Å²) >= 11 is 3.31. The Hall–Kier alpha value is -4.48. The van der Waals surface area contributed by atoms with E-state index < -0.39 is 10.0 Å². The zero-order chi connectivity index (χ0) is 27.4. The molecule has 4 aromatic carbocycles. The highest BCUT2D eigenvalue weighted by Crippen LogP contribution is 2.28. The van der Waals surface area contributed by atoms with Crippen LogP contribution in [0.3, 0.4) is 0 Å². The second-order valence-electron chi connectivity index (χ2n) is 8.35. The number of anilines is 4. The van der Waals surface area contributed by atoms with Crippen molar-refractivity contribution >= 4 is 65.9 Å². The van der Waals surface area contributed by atoms with Gasteiger partial charge in [0, 0.05) is 21.4 Å². The SMILES string of the molecule is COc1ccc(NC(=O)c2ccc(Nc3nc4ccccc4nc3NS(=O)(=O)c3ccc(Br)cc3)cc2)cc1. The van der Waals surface area contributed by atoms with Gasteiger partial charge in [0.05, 0.1) is 23.0 Å². The monoisotopic (exact) mass is 603 g/mol. The third-order valence-corrected chi connectivity index (χ3v) is 7.57. The van der Waals surface area contributed by atoms with Gasteiger partial charge in [-0.25, -0.2) is 18.4 Å². The zero-order valence-electron chi connectivity index (χ0n) is 20.6. The van der Waals surface area contributed by atoms with Gasteiger partial charge in [-0.1, -0.05) is 28.1 Å². The second kappa shape index (κ2) is 11.1. The Morgan fingerprint density at radius 3 is 1.97 bits per heavy atom. The number of rotatable bonds is 8. The lowest BCUT2D eigenvalue weighted by Gasteiger charge is -2.14. The fourth-order valence-corrected chi connectivity index (χ4v) is 4.95. The van der Waals surface area contributed by atoms with Crippen LogP contribution in [0.5, 0.6) is 5.75 Å². The van der Waals surface area contributed by atoms with Crippen molar-refractivity contribution in [2.24, 2.45) is 0 Å². The van der Waals surface area contributed by atoms with Crippen molar-refractivity contribution in [1.29, 1.82) is 0 Å². The van der Waals surface area contributed by atoms with Crippen LogP contribution in [0.2, 0.25) is 0 Å². The number of hydrogen-bond donors (Lipinski definition) is 3. The van der Waals surface area contributed by atoms with Crippen LogP contribution in [-0.4, -0.2) is 31.4 Å². The Balaban J connectivity index is 1.39. The van der Waals surface area contributed by atoms with Crippen LogP contribution >= 0.6 is 15.9 Å². The largest absolute Gasteiger partial charge is 0.497 e. The number of aromatic nitrogens is 2. The van der Waals surface area contributed by atoms with Gasteiger partial charge in [0.15, 0.2) is 11.6 Å². The molecule has 0 saturated carbocycles. The maximum absolute atomic E-state index is 13.1. The van der Waals surface area contributed by atoms with Gasteiger partial charge in [0.1, 0.15) is 5.75 Å². The van der Waals surface area contributed by atoms with E-state index in [-0.39, 0.29) is 22.4 Å². The topological polar surface area (TPSA) is 122 Å². The number of nitrogens with zero attached hydrogens (tertiary/aromatic N) is 2. The Morgan fingerprint density at radius 2 is 1.36 bits per heavy atom. The first-order chi connectivity index (χ1) is 18.8. The summed E-state index contributed by atoms with van der Waals surface area (Å²) in [5.74, 6) is 0.668. The molecule has 3 N–H and O–H groups in total. The number of methoxy groups -OCH3 is 1. The lowest BCUT2D eigenvalue weighted by molar-refractivity contribution is 0.102. The number of carbonyl (C=O) groups is 1. The van der Waals surface area contributed by atoms with E-state index >= 15 is 0 Å². The Bertz CT molecular complexity index is 1740. The molecule has 39 heavy (non-hydrogen) atoms. The van der Waals surface area contributed by atoms with Gasteiger partial charge in [0.2, 0.25) is 0 Å². The summed E-state index contributed by atoms with van der Waals surface area (Å²) in [5.41, 5.74) is 2.78. The normalized spacial score (nSPS) is 11.1. The van der Waals surface area contributed by atoms with Crippen molar-refractivity contribution in [2.45, 2.75) is 4.90 Å². The molecule has 0 aliphatic carbocycles. The van der Waals surface area contributed by atoms with Gasteiger partial charge < -0.3 is 15.4 Å². The highest BCUT2D eigenvalue weighted by atomic mass is 79.9. The quantitative estimate of drug-likeness (QED) is 0.193. The smallest absolute Gasteiger partial charge is 0.263 e. The predicted molar refractivity (Wildman–Crippen MR) is 155 cm³/mol. The van der Waals surface area contributed by atoms with Crippen molar-refractivity contribution in [3.8, 4) is 5.75 Å². The fraction of sp³-hybridized carbons (Fsp3) is 0.0357. The lowest BCUT2D eigenvalue weighted by Crippen LogP contribution is -2.16. The minimum absolute atomic E-state index is 0.0398. The van der Waals surface area contributed by atoms with E-state index in [1.54, 1.807) is 86.0 Å². The lowest BCUT2D eigenvalue weighted by atomic mass is 10.2. The van der Waals surface area contributed by atoms with Gasteiger partial charge in [-0.2, -0.15) is 0 Å². The van der Waals surface area contributed by atoms with Gasteiger partial charge in [-0.05, 0) is 84.9 Å². The number of fused-ring (bicyclic) bond motifs is 1. The molecule has 1 aromatic heterocycles. The van der Waals surface area contributed by atoms with Crippen LogP contribution in [0.1, 0.15) is 10.4 Å². The fourth-order valence-electron chi connectivity index (χ4n) is 3.68. The van der Waals surface area contributed by atoms with E-state index in [0.717, 1.165) is 4.47 Å². The number of sulfonamides is 1. The molecule has 196 valence electrons. The van der Waals surface area contributed by atoms with Crippen molar-refractivity contribution in [3.05, 3.63) is 107 Å². The third kappa shape index (κ3) is 6.16. The van der Waals surface area contributed by atoms with Crippen molar-refractivity contribution in [1.82, 2.24) is 9.97 Å². The van der Waals surface area contributed by atoms with Crippen LogP contribution in [0, 0.1) is 0 Å². The second-order valence-corrected chi connectivity index (χ2v) is 11.0. The first-order valence-corrected chi connectivity index (χ1v) is 14.0. The molecule has 0 spiro atoms.